The summed E-state index contributed by atoms with van der Waals surface area (Å²) in [6.45, 7) is 0. The number of carbonyl (C=O) groups excluding carboxylic acids is 2. The Labute approximate surface area is 126 Å². The van der Waals surface area contributed by atoms with Crippen LogP contribution in [-0.2, 0) is 9.59 Å². The Morgan fingerprint density at radius 3 is 2.57 bits per heavy atom. The van der Waals surface area contributed by atoms with Gasteiger partial charge in [0.05, 0.1) is 10.6 Å². The van der Waals surface area contributed by atoms with E-state index >= 15 is 0 Å². The van der Waals surface area contributed by atoms with E-state index in [1.807, 2.05) is 30.3 Å². The molecule has 0 radical (unpaired) electrons. The number of benzene rings is 1. The number of amides is 2. The second-order valence-electron chi connectivity index (χ2n) is 4.64. The zero-order valence-corrected chi connectivity index (χ0v) is 12.2. The molecule has 1 aromatic heterocycles. The Morgan fingerprint density at radius 1 is 1.19 bits per heavy atom. The van der Waals surface area contributed by atoms with Crippen molar-refractivity contribution in [2.75, 3.05) is 16.8 Å². The van der Waals surface area contributed by atoms with E-state index in [9.17, 15) is 9.59 Å². The standard InChI is InChI=1S/C16H12N2O2S/c1-3-12-9-13-16(21-12)18(11-7-5-4-6-8-11)15(20)10-14(19)17(13)2/h1,4-9H,10H2,2H3. The van der Waals surface area contributed by atoms with E-state index < -0.39 is 0 Å². The SMILES string of the molecule is C#Cc1cc2c(s1)N(c1ccccc1)C(=O)CC(=O)N2C. The number of para-hydroxylation sites is 1. The molecule has 0 bridgehead atoms. The number of carbonyl (C=O) groups is 2. The van der Waals surface area contributed by atoms with Crippen molar-refractivity contribution in [3.8, 4) is 12.3 Å². The molecule has 21 heavy (non-hydrogen) atoms. The highest BCUT2D eigenvalue weighted by molar-refractivity contribution is 7.17. The van der Waals surface area contributed by atoms with Crippen LogP contribution in [0.3, 0.4) is 0 Å². The molecular formula is C16H12N2O2S. The third-order valence-corrected chi connectivity index (χ3v) is 4.38. The lowest BCUT2D eigenvalue weighted by Crippen LogP contribution is -2.28. The van der Waals surface area contributed by atoms with Crippen molar-refractivity contribution in [2.45, 2.75) is 6.42 Å². The fraction of sp³-hybridized carbons (Fsp3) is 0.125. The van der Waals surface area contributed by atoms with Crippen LogP contribution in [0.2, 0.25) is 0 Å². The van der Waals surface area contributed by atoms with Crippen LogP contribution in [0.4, 0.5) is 16.4 Å². The molecule has 2 amide bonds. The molecule has 2 aromatic rings. The first-order chi connectivity index (χ1) is 10.1. The molecule has 0 saturated heterocycles. The number of fused-ring (bicyclic) bond motifs is 1. The van der Waals surface area contributed by atoms with Gasteiger partial charge in [0.1, 0.15) is 11.4 Å². The zero-order valence-electron chi connectivity index (χ0n) is 11.4. The summed E-state index contributed by atoms with van der Waals surface area (Å²) in [4.78, 5) is 28.3. The fourth-order valence-corrected chi connectivity index (χ4v) is 3.29. The van der Waals surface area contributed by atoms with E-state index in [1.54, 1.807) is 18.0 Å². The van der Waals surface area contributed by atoms with E-state index in [0.29, 0.717) is 15.6 Å². The topological polar surface area (TPSA) is 40.6 Å². The van der Waals surface area contributed by atoms with Crippen molar-refractivity contribution >= 4 is 39.5 Å². The molecule has 0 atom stereocenters. The number of hydrogen-bond donors (Lipinski definition) is 0. The minimum absolute atomic E-state index is 0.155. The maximum absolute atomic E-state index is 12.5. The number of thiophene rings is 1. The predicted octanol–water partition coefficient (Wildman–Crippen LogP) is 2.76. The summed E-state index contributed by atoms with van der Waals surface area (Å²) in [5, 5.41) is 0.688. The second-order valence-corrected chi connectivity index (χ2v) is 5.67. The van der Waals surface area contributed by atoms with Gasteiger partial charge >= 0.3 is 0 Å². The molecule has 3 rings (SSSR count). The van der Waals surface area contributed by atoms with Gasteiger partial charge in [-0.2, -0.15) is 0 Å². The molecule has 104 valence electrons. The first-order valence-corrected chi connectivity index (χ1v) is 7.18. The molecule has 5 heteroatoms. The Balaban J connectivity index is 2.22. The van der Waals surface area contributed by atoms with Crippen LogP contribution in [0.15, 0.2) is 36.4 Å². The van der Waals surface area contributed by atoms with Crippen molar-refractivity contribution in [1.29, 1.82) is 0 Å². The van der Waals surface area contributed by atoms with Gasteiger partial charge in [-0.1, -0.05) is 24.1 Å². The van der Waals surface area contributed by atoms with Gasteiger partial charge in [-0.05, 0) is 18.2 Å². The molecular weight excluding hydrogens is 284 g/mol. The van der Waals surface area contributed by atoms with Crippen molar-refractivity contribution in [1.82, 2.24) is 0 Å². The third-order valence-electron chi connectivity index (χ3n) is 3.34. The van der Waals surface area contributed by atoms with Crippen molar-refractivity contribution in [2.24, 2.45) is 0 Å². The lowest BCUT2D eigenvalue weighted by molar-refractivity contribution is -0.125. The molecule has 0 saturated carbocycles. The molecule has 4 nitrogen and oxygen atoms in total. The third kappa shape index (κ3) is 2.20. The molecule has 1 aromatic carbocycles. The van der Waals surface area contributed by atoms with E-state index in [2.05, 4.69) is 5.92 Å². The van der Waals surface area contributed by atoms with Gasteiger partial charge in [0.2, 0.25) is 11.8 Å². The molecule has 0 unspecified atom stereocenters. The fourth-order valence-electron chi connectivity index (χ4n) is 2.26. The monoisotopic (exact) mass is 296 g/mol. The van der Waals surface area contributed by atoms with E-state index in [1.165, 1.54) is 16.2 Å². The van der Waals surface area contributed by atoms with Gasteiger partial charge < -0.3 is 4.90 Å². The summed E-state index contributed by atoms with van der Waals surface area (Å²) in [5.74, 6) is 2.09. The van der Waals surface area contributed by atoms with Gasteiger partial charge in [-0.3, -0.25) is 14.5 Å². The highest BCUT2D eigenvalue weighted by Gasteiger charge is 2.32. The quantitative estimate of drug-likeness (QED) is 0.600. The van der Waals surface area contributed by atoms with Crippen molar-refractivity contribution in [3.05, 3.63) is 41.3 Å². The van der Waals surface area contributed by atoms with Crippen LogP contribution >= 0.6 is 11.3 Å². The maximum Gasteiger partial charge on any atom is 0.241 e. The van der Waals surface area contributed by atoms with Gasteiger partial charge in [0.15, 0.2) is 0 Å². The van der Waals surface area contributed by atoms with E-state index in [0.717, 1.165) is 5.69 Å². The Bertz CT molecular complexity index is 758. The largest absolute Gasteiger partial charge is 0.312 e. The van der Waals surface area contributed by atoms with Crippen LogP contribution in [0.25, 0.3) is 0 Å². The second kappa shape index (κ2) is 5.08. The Hall–Kier alpha value is -2.58. The van der Waals surface area contributed by atoms with Gasteiger partial charge in [0.25, 0.3) is 0 Å². The highest BCUT2D eigenvalue weighted by Crippen LogP contribution is 2.43. The average molecular weight is 296 g/mol. The predicted molar refractivity (Wildman–Crippen MR) is 83.9 cm³/mol. The lowest BCUT2D eigenvalue weighted by Gasteiger charge is -2.20. The molecule has 2 heterocycles. The number of terminal acetylenes is 1. The molecule has 1 aliphatic rings. The summed E-state index contributed by atoms with van der Waals surface area (Å²) in [6.07, 6.45) is 5.30. The summed E-state index contributed by atoms with van der Waals surface area (Å²) >= 11 is 1.34. The Kier molecular flexibility index (Phi) is 3.24. The van der Waals surface area contributed by atoms with Crippen molar-refractivity contribution in [3.63, 3.8) is 0 Å². The summed E-state index contributed by atoms with van der Waals surface area (Å²) in [7, 11) is 1.66. The highest BCUT2D eigenvalue weighted by atomic mass is 32.1. The van der Waals surface area contributed by atoms with Crippen LogP contribution in [0, 0.1) is 12.3 Å². The maximum atomic E-state index is 12.5. The van der Waals surface area contributed by atoms with Gasteiger partial charge in [-0.15, -0.1) is 17.8 Å². The van der Waals surface area contributed by atoms with Gasteiger partial charge in [0, 0.05) is 12.7 Å². The Morgan fingerprint density at radius 2 is 1.90 bits per heavy atom. The summed E-state index contributed by atoms with van der Waals surface area (Å²) < 4.78 is 0. The van der Waals surface area contributed by atoms with Gasteiger partial charge in [-0.25, -0.2) is 0 Å². The molecule has 1 aliphatic heterocycles. The summed E-state index contributed by atoms with van der Waals surface area (Å²) in [6, 6.07) is 11.0. The number of hydrogen-bond acceptors (Lipinski definition) is 3. The first kappa shape index (κ1) is 13.4. The molecule has 0 N–H and O–H groups in total. The number of rotatable bonds is 1. The number of anilines is 3. The van der Waals surface area contributed by atoms with E-state index in [4.69, 9.17) is 6.42 Å². The minimum atomic E-state index is -0.248. The lowest BCUT2D eigenvalue weighted by atomic mass is 10.2. The number of nitrogens with zero attached hydrogens (tertiary/aromatic N) is 2. The van der Waals surface area contributed by atoms with Crippen molar-refractivity contribution < 1.29 is 9.59 Å². The van der Waals surface area contributed by atoms with Crippen LogP contribution < -0.4 is 9.80 Å². The molecule has 0 spiro atoms. The van der Waals surface area contributed by atoms with Crippen LogP contribution in [0.1, 0.15) is 11.3 Å². The minimum Gasteiger partial charge on any atom is -0.312 e. The molecule has 0 aliphatic carbocycles. The van der Waals surface area contributed by atoms with E-state index in [-0.39, 0.29) is 18.2 Å². The van der Waals surface area contributed by atoms with Crippen LogP contribution in [-0.4, -0.2) is 18.9 Å². The average Bonchev–Trinajstić information content (AvgIpc) is 2.88. The first-order valence-electron chi connectivity index (χ1n) is 6.37. The normalized spacial score (nSPS) is 14.7. The zero-order chi connectivity index (χ0) is 15.0. The smallest absolute Gasteiger partial charge is 0.241 e. The van der Waals surface area contributed by atoms with Crippen LogP contribution in [0.5, 0.6) is 0 Å². The molecule has 0 fully saturated rings. The summed E-state index contributed by atoms with van der Waals surface area (Å²) in [5.41, 5.74) is 1.41.